The first kappa shape index (κ1) is 23.9. The van der Waals surface area contributed by atoms with Crippen molar-refractivity contribution in [1.82, 2.24) is 14.5 Å². The van der Waals surface area contributed by atoms with Crippen LogP contribution in [0.1, 0.15) is 32.7 Å². The molecule has 3 rings (SSSR count). The zero-order valence-corrected chi connectivity index (χ0v) is 18.4. The SMILES string of the molecule is CC(=O)OC[C@H]1O[C@@H](n2ccc(Oc3ccc(C)nc3)nc2=O)[C@H](OC(C)=O)[C@@H]1OC(C)=O. The second-order valence-corrected chi connectivity index (χ2v) is 7.21. The van der Waals surface area contributed by atoms with E-state index in [1.54, 1.807) is 12.1 Å². The lowest BCUT2D eigenvalue weighted by Gasteiger charge is -2.23. The normalized spacial score (nSPS) is 21.8. The van der Waals surface area contributed by atoms with E-state index < -0.39 is 48.1 Å². The minimum atomic E-state index is -1.20. The fourth-order valence-electron chi connectivity index (χ4n) is 3.20. The molecule has 0 unspecified atom stereocenters. The Morgan fingerprint density at radius 1 is 1.03 bits per heavy atom. The van der Waals surface area contributed by atoms with Crippen molar-refractivity contribution in [2.75, 3.05) is 6.61 Å². The average Bonchev–Trinajstić information content (AvgIpc) is 3.04. The summed E-state index contributed by atoms with van der Waals surface area (Å²) in [5.74, 6) is -1.55. The van der Waals surface area contributed by atoms with Gasteiger partial charge in [0.05, 0.1) is 6.20 Å². The van der Waals surface area contributed by atoms with Crippen molar-refractivity contribution in [3.05, 3.63) is 46.8 Å². The second-order valence-electron chi connectivity index (χ2n) is 7.21. The molecular weight excluding hydrogens is 438 g/mol. The van der Waals surface area contributed by atoms with Gasteiger partial charge in [-0.1, -0.05) is 0 Å². The molecule has 0 radical (unpaired) electrons. The van der Waals surface area contributed by atoms with Crippen molar-refractivity contribution in [3.63, 3.8) is 0 Å². The maximum Gasteiger partial charge on any atom is 0.353 e. The molecule has 1 saturated heterocycles. The predicted octanol–water partition coefficient (Wildman–Crippen LogP) is 1.06. The summed E-state index contributed by atoms with van der Waals surface area (Å²) in [7, 11) is 0. The van der Waals surface area contributed by atoms with Crippen molar-refractivity contribution < 1.29 is 38.1 Å². The van der Waals surface area contributed by atoms with Crippen LogP contribution in [-0.4, -0.2) is 57.4 Å². The molecule has 0 bridgehead atoms. The van der Waals surface area contributed by atoms with Crippen LogP contribution in [0.5, 0.6) is 11.6 Å². The van der Waals surface area contributed by atoms with Gasteiger partial charge in [-0.2, -0.15) is 4.98 Å². The van der Waals surface area contributed by atoms with Gasteiger partial charge >= 0.3 is 23.6 Å². The highest BCUT2D eigenvalue weighted by atomic mass is 16.7. The van der Waals surface area contributed by atoms with E-state index in [0.29, 0.717) is 5.75 Å². The molecule has 2 aromatic heterocycles. The number of rotatable bonds is 7. The third-order valence-electron chi connectivity index (χ3n) is 4.53. The van der Waals surface area contributed by atoms with Crippen LogP contribution in [-0.2, 0) is 33.3 Å². The van der Waals surface area contributed by atoms with E-state index >= 15 is 0 Å². The molecule has 0 amide bonds. The molecule has 1 fully saturated rings. The zero-order chi connectivity index (χ0) is 24.1. The quantitative estimate of drug-likeness (QED) is 0.431. The van der Waals surface area contributed by atoms with Crippen molar-refractivity contribution in [1.29, 1.82) is 0 Å². The molecule has 176 valence electrons. The molecule has 0 spiro atoms. The van der Waals surface area contributed by atoms with Crippen molar-refractivity contribution in [3.8, 4) is 11.6 Å². The van der Waals surface area contributed by atoms with Crippen LogP contribution < -0.4 is 10.4 Å². The molecule has 1 aliphatic rings. The van der Waals surface area contributed by atoms with E-state index in [1.807, 2.05) is 6.92 Å². The molecule has 12 heteroatoms. The second kappa shape index (κ2) is 10.2. The molecular formula is C21H23N3O9. The molecule has 4 atom stereocenters. The van der Waals surface area contributed by atoms with Crippen LogP contribution in [0.25, 0.3) is 0 Å². The molecule has 0 N–H and O–H groups in total. The number of pyridine rings is 1. The molecule has 33 heavy (non-hydrogen) atoms. The van der Waals surface area contributed by atoms with E-state index in [-0.39, 0.29) is 12.5 Å². The van der Waals surface area contributed by atoms with Crippen LogP contribution in [0, 0.1) is 6.92 Å². The van der Waals surface area contributed by atoms with Crippen molar-refractivity contribution >= 4 is 17.9 Å². The first-order valence-corrected chi connectivity index (χ1v) is 9.97. The van der Waals surface area contributed by atoms with Crippen molar-refractivity contribution in [2.45, 2.75) is 52.2 Å². The lowest BCUT2D eigenvalue weighted by molar-refractivity contribution is -0.166. The summed E-state index contributed by atoms with van der Waals surface area (Å²) in [4.78, 5) is 55.3. The standard InChI is InChI=1S/C21H23N3O9/c1-11-5-6-15(9-22-11)32-17-7-8-24(21(28)23-17)20-19(31-14(4)27)18(30-13(3)26)16(33-20)10-29-12(2)25/h5-9,16,18-20H,10H2,1-4H3/t16-,18-,19-,20-/m1/s1. The van der Waals surface area contributed by atoms with Crippen LogP contribution in [0.2, 0.25) is 0 Å². The molecule has 3 heterocycles. The fraction of sp³-hybridized carbons (Fsp3) is 0.429. The Hall–Kier alpha value is -3.80. The predicted molar refractivity (Wildman–Crippen MR) is 109 cm³/mol. The average molecular weight is 461 g/mol. The van der Waals surface area contributed by atoms with Crippen LogP contribution in [0.4, 0.5) is 0 Å². The smallest absolute Gasteiger partial charge is 0.353 e. The van der Waals surface area contributed by atoms with Gasteiger partial charge in [0.15, 0.2) is 18.4 Å². The topological polar surface area (TPSA) is 145 Å². The third-order valence-corrected chi connectivity index (χ3v) is 4.53. The Labute approximate surface area is 188 Å². The number of hydrogen-bond donors (Lipinski definition) is 0. The van der Waals surface area contributed by atoms with Gasteiger partial charge in [0.25, 0.3) is 0 Å². The Morgan fingerprint density at radius 3 is 2.30 bits per heavy atom. The van der Waals surface area contributed by atoms with Gasteiger partial charge in [0.1, 0.15) is 18.5 Å². The Balaban J connectivity index is 1.89. The maximum atomic E-state index is 12.7. The summed E-state index contributed by atoms with van der Waals surface area (Å²) >= 11 is 0. The first-order valence-electron chi connectivity index (χ1n) is 9.97. The minimum Gasteiger partial charge on any atom is -0.463 e. The minimum absolute atomic E-state index is 0.0111. The van der Waals surface area contributed by atoms with E-state index in [9.17, 15) is 19.2 Å². The van der Waals surface area contributed by atoms with Gasteiger partial charge in [0.2, 0.25) is 5.88 Å². The van der Waals surface area contributed by atoms with E-state index in [0.717, 1.165) is 17.2 Å². The first-order chi connectivity index (χ1) is 15.6. The largest absolute Gasteiger partial charge is 0.463 e. The van der Waals surface area contributed by atoms with Gasteiger partial charge in [0, 0.05) is 38.7 Å². The lowest BCUT2D eigenvalue weighted by Crippen LogP contribution is -2.41. The van der Waals surface area contributed by atoms with E-state index in [1.165, 1.54) is 32.3 Å². The zero-order valence-electron chi connectivity index (χ0n) is 18.4. The number of carbonyl (C=O) groups excluding carboxylic acids is 3. The molecule has 0 aromatic carbocycles. The number of carbonyl (C=O) groups is 3. The van der Waals surface area contributed by atoms with Gasteiger partial charge in [-0.05, 0) is 19.1 Å². The summed E-state index contributed by atoms with van der Waals surface area (Å²) in [6.07, 6.45) is -1.69. The van der Waals surface area contributed by atoms with Gasteiger partial charge < -0.3 is 23.7 Å². The molecule has 12 nitrogen and oxygen atoms in total. The van der Waals surface area contributed by atoms with Crippen molar-refractivity contribution in [2.24, 2.45) is 0 Å². The van der Waals surface area contributed by atoms with E-state index in [4.69, 9.17) is 23.7 Å². The molecule has 0 saturated carbocycles. The Bertz CT molecular complexity index is 1080. The number of esters is 3. The molecule has 0 aliphatic carbocycles. The highest BCUT2D eigenvalue weighted by Gasteiger charge is 2.50. The Morgan fingerprint density at radius 2 is 1.73 bits per heavy atom. The fourth-order valence-corrected chi connectivity index (χ4v) is 3.20. The van der Waals surface area contributed by atoms with Crippen LogP contribution in [0.15, 0.2) is 35.4 Å². The van der Waals surface area contributed by atoms with Crippen LogP contribution in [0.3, 0.4) is 0 Å². The Kier molecular flexibility index (Phi) is 7.38. The number of aromatic nitrogens is 3. The number of hydrogen-bond acceptors (Lipinski definition) is 11. The lowest BCUT2D eigenvalue weighted by atomic mass is 10.1. The molecule has 1 aliphatic heterocycles. The summed E-state index contributed by atoms with van der Waals surface area (Å²) in [6, 6.07) is 4.83. The van der Waals surface area contributed by atoms with Gasteiger partial charge in [-0.3, -0.25) is 23.9 Å². The monoisotopic (exact) mass is 461 g/mol. The number of nitrogens with zero attached hydrogens (tertiary/aromatic N) is 3. The highest BCUT2D eigenvalue weighted by molar-refractivity contribution is 5.68. The summed E-state index contributed by atoms with van der Waals surface area (Å²) in [5.41, 5.74) is 0.0238. The van der Waals surface area contributed by atoms with E-state index in [2.05, 4.69) is 9.97 Å². The summed E-state index contributed by atoms with van der Waals surface area (Å²) in [6.45, 7) is 5.07. The highest BCUT2D eigenvalue weighted by Crippen LogP contribution is 2.34. The summed E-state index contributed by atoms with van der Waals surface area (Å²) < 4.78 is 28.0. The summed E-state index contributed by atoms with van der Waals surface area (Å²) in [5, 5.41) is 0. The van der Waals surface area contributed by atoms with Crippen LogP contribution >= 0.6 is 0 Å². The van der Waals surface area contributed by atoms with Gasteiger partial charge in [-0.15, -0.1) is 0 Å². The molecule has 2 aromatic rings. The number of aryl methyl sites for hydroxylation is 1. The van der Waals surface area contributed by atoms with Gasteiger partial charge in [-0.25, -0.2) is 4.79 Å². The third kappa shape index (κ3) is 6.13. The maximum absolute atomic E-state index is 12.7. The number of ether oxygens (including phenoxy) is 5.